The van der Waals surface area contributed by atoms with E-state index in [-0.39, 0.29) is 0 Å². The van der Waals surface area contributed by atoms with E-state index in [4.69, 9.17) is 9.84 Å². The van der Waals surface area contributed by atoms with Crippen molar-refractivity contribution in [3.05, 3.63) is 22.5 Å². The summed E-state index contributed by atoms with van der Waals surface area (Å²) in [7, 11) is 0. The average molecular weight is 167 g/mol. The first-order valence-corrected chi connectivity index (χ1v) is 3.71. The molecule has 64 valence electrons. The van der Waals surface area contributed by atoms with Crippen molar-refractivity contribution in [3.63, 3.8) is 0 Å². The van der Waals surface area contributed by atoms with E-state index in [0.29, 0.717) is 18.8 Å². The van der Waals surface area contributed by atoms with Gasteiger partial charge < -0.3 is 14.8 Å². The quantitative estimate of drug-likeness (QED) is 0.657. The molecule has 1 aromatic rings. The summed E-state index contributed by atoms with van der Waals surface area (Å²) >= 11 is 0. The number of aromatic carboxylic acids is 1. The van der Waals surface area contributed by atoms with Crippen molar-refractivity contribution in [2.45, 2.75) is 20.1 Å². The molecule has 2 rings (SSSR count). The van der Waals surface area contributed by atoms with Gasteiger partial charge in [0.1, 0.15) is 0 Å². The number of H-pyrrole nitrogens is 1. The third-order valence-electron chi connectivity index (χ3n) is 2.09. The third-order valence-corrected chi connectivity index (χ3v) is 2.09. The molecule has 0 amide bonds. The zero-order valence-corrected chi connectivity index (χ0v) is 6.68. The van der Waals surface area contributed by atoms with Gasteiger partial charge in [-0.1, -0.05) is 0 Å². The van der Waals surface area contributed by atoms with E-state index in [9.17, 15) is 4.79 Å². The van der Waals surface area contributed by atoms with Crippen LogP contribution in [0, 0.1) is 6.92 Å². The molecule has 0 spiro atoms. The molecule has 0 atom stereocenters. The van der Waals surface area contributed by atoms with Crippen molar-refractivity contribution in [2.24, 2.45) is 0 Å². The summed E-state index contributed by atoms with van der Waals surface area (Å²) in [6.45, 7) is 2.69. The van der Waals surface area contributed by atoms with Gasteiger partial charge in [0.05, 0.1) is 18.8 Å². The molecule has 0 aliphatic carbocycles. The Balaban J connectivity index is 2.59. The highest BCUT2D eigenvalue weighted by atomic mass is 16.5. The minimum atomic E-state index is -0.879. The van der Waals surface area contributed by atoms with E-state index >= 15 is 0 Å². The largest absolute Gasteiger partial charge is 0.478 e. The molecule has 0 bridgehead atoms. The molecule has 0 saturated carbocycles. The molecule has 2 heterocycles. The zero-order chi connectivity index (χ0) is 8.72. The average Bonchev–Trinajstić information content (AvgIpc) is 2.44. The monoisotopic (exact) mass is 167 g/mol. The van der Waals surface area contributed by atoms with Crippen LogP contribution in [0.25, 0.3) is 0 Å². The van der Waals surface area contributed by atoms with E-state index in [1.54, 1.807) is 6.92 Å². The number of hydrogen-bond donors (Lipinski definition) is 2. The summed E-state index contributed by atoms with van der Waals surface area (Å²) in [6.07, 6.45) is 0. The van der Waals surface area contributed by atoms with Crippen LogP contribution in [0.2, 0.25) is 0 Å². The van der Waals surface area contributed by atoms with Crippen molar-refractivity contribution in [1.82, 2.24) is 4.98 Å². The number of aromatic amines is 1. The van der Waals surface area contributed by atoms with Crippen molar-refractivity contribution in [2.75, 3.05) is 0 Å². The summed E-state index contributed by atoms with van der Waals surface area (Å²) in [6, 6.07) is 0. The lowest BCUT2D eigenvalue weighted by Gasteiger charge is -1.95. The smallest absolute Gasteiger partial charge is 0.337 e. The summed E-state index contributed by atoms with van der Waals surface area (Å²) in [5.41, 5.74) is 2.81. The van der Waals surface area contributed by atoms with E-state index in [0.717, 1.165) is 17.0 Å². The Morgan fingerprint density at radius 3 is 3.00 bits per heavy atom. The van der Waals surface area contributed by atoms with Gasteiger partial charge in [-0.3, -0.25) is 0 Å². The highest BCUT2D eigenvalue weighted by Crippen LogP contribution is 2.25. The third kappa shape index (κ3) is 0.848. The van der Waals surface area contributed by atoms with Gasteiger partial charge in [0.15, 0.2) is 0 Å². The van der Waals surface area contributed by atoms with Gasteiger partial charge in [-0.05, 0) is 6.92 Å². The maximum absolute atomic E-state index is 10.8. The molecule has 1 aliphatic rings. The zero-order valence-electron chi connectivity index (χ0n) is 6.68. The number of hydrogen-bond acceptors (Lipinski definition) is 2. The first-order chi connectivity index (χ1) is 5.70. The maximum Gasteiger partial charge on any atom is 0.337 e. The Labute approximate surface area is 69.2 Å². The van der Waals surface area contributed by atoms with E-state index < -0.39 is 5.97 Å². The molecule has 4 heteroatoms. The van der Waals surface area contributed by atoms with Crippen LogP contribution in [0.15, 0.2) is 0 Å². The van der Waals surface area contributed by atoms with E-state index in [1.165, 1.54) is 0 Å². The molecule has 0 aromatic carbocycles. The Kier molecular flexibility index (Phi) is 1.44. The second-order valence-electron chi connectivity index (χ2n) is 2.88. The lowest BCUT2D eigenvalue weighted by molar-refractivity contribution is 0.0690. The maximum atomic E-state index is 10.8. The standard InChI is InChI=1S/C8H9NO3/c1-4-7(8(10)11)5-2-12-3-6(5)9-4/h9H,2-3H2,1H3,(H,10,11). The van der Waals surface area contributed by atoms with Gasteiger partial charge in [0.25, 0.3) is 0 Å². The summed E-state index contributed by atoms with van der Waals surface area (Å²) in [5.74, 6) is -0.879. The molecule has 1 aliphatic heterocycles. The van der Waals surface area contributed by atoms with Gasteiger partial charge >= 0.3 is 5.97 Å². The van der Waals surface area contributed by atoms with Crippen molar-refractivity contribution in [3.8, 4) is 0 Å². The van der Waals surface area contributed by atoms with Gasteiger partial charge in [-0.15, -0.1) is 0 Å². The highest BCUT2D eigenvalue weighted by Gasteiger charge is 2.23. The first kappa shape index (κ1) is 7.36. The van der Waals surface area contributed by atoms with Gasteiger partial charge in [0, 0.05) is 17.0 Å². The predicted molar refractivity (Wildman–Crippen MR) is 41.0 cm³/mol. The number of nitrogens with one attached hydrogen (secondary N) is 1. The predicted octanol–water partition coefficient (Wildman–Crippen LogP) is 1.05. The number of fused-ring (bicyclic) bond motifs is 1. The second-order valence-corrected chi connectivity index (χ2v) is 2.88. The lowest BCUT2D eigenvalue weighted by Crippen LogP contribution is -2.00. The molecule has 0 saturated heterocycles. The van der Waals surface area contributed by atoms with Gasteiger partial charge in [0.2, 0.25) is 0 Å². The molecule has 2 N–H and O–H groups in total. The van der Waals surface area contributed by atoms with Crippen molar-refractivity contribution < 1.29 is 14.6 Å². The summed E-state index contributed by atoms with van der Waals surface area (Å²) in [4.78, 5) is 13.8. The Hall–Kier alpha value is -1.29. The van der Waals surface area contributed by atoms with Crippen LogP contribution in [0.4, 0.5) is 0 Å². The SMILES string of the molecule is Cc1[nH]c2c(c1C(=O)O)COC2. The topological polar surface area (TPSA) is 62.3 Å². The van der Waals surface area contributed by atoms with Crippen molar-refractivity contribution >= 4 is 5.97 Å². The Morgan fingerprint density at radius 2 is 2.33 bits per heavy atom. The molecular weight excluding hydrogens is 158 g/mol. The fourth-order valence-corrected chi connectivity index (χ4v) is 1.57. The minimum absolute atomic E-state index is 0.377. The fourth-order valence-electron chi connectivity index (χ4n) is 1.57. The second kappa shape index (κ2) is 2.35. The van der Waals surface area contributed by atoms with Crippen molar-refractivity contribution in [1.29, 1.82) is 0 Å². The van der Waals surface area contributed by atoms with Crippen LogP contribution in [-0.2, 0) is 18.0 Å². The molecule has 12 heavy (non-hydrogen) atoms. The highest BCUT2D eigenvalue weighted by molar-refractivity contribution is 5.91. The molecule has 4 nitrogen and oxygen atoms in total. The number of carboxylic acid groups (broad SMARTS) is 1. The lowest BCUT2D eigenvalue weighted by atomic mass is 10.1. The van der Waals surface area contributed by atoms with E-state index in [2.05, 4.69) is 4.98 Å². The van der Waals surface area contributed by atoms with E-state index in [1.807, 2.05) is 0 Å². The first-order valence-electron chi connectivity index (χ1n) is 3.71. The molecule has 0 unspecified atom stereocenters. The van der Waals surface area contributed by atoms with Crippen LogP contribution < -0.4 is 0 Å². The van der Waals surface area contributed by atoms with Crippen LogP contribution in [0.5, 0.6) is 0 Å². The number of carbonyl (C=O) groups is 1. The molecule has 1 aromatic heterocycles. The summed E-state index contributed by atoms with van der Waals surface area (Å²) < 4.78 is 5.11. The number of aryl methyl sites for hydroxylation is 1. The molecule has 0 fully saturated rings. The normalized spacial score (nSPS) is 14.8. The number of aromatic nitrogens is 1. The minimum Gasteiger partial charge on any atom is -0.478 e. The Bertz CT molecular complexity index is 340. The Morgan fingerprint density at radius 1 is 1.58 bits per heavy atom. The number of carboxylic acids is 1. The van der Waals surface area contributed by atoms with Crippen LogP contribution in [0.3, 0.4) is 0 Å². The number of ether oxygens (including phenoxy) is 1. The number of rotatable bonds is 1. The summed E-state index contributed by atoms with van der Waals surface area (Å²) in [5, 5.41) is 8.84. The molecule has 0 radical (unpaired) electrons. The van der Waals surface area contributed by atoms with Gasteiger partial charge in [-0.2, -0.15) is 0 Å². The van der Waals surface area contributed by atoms with Crippen LogP contribution in [-0.4, -0.2) is 16.1 Å². The molecular formula is C8H9NO3. The fraction of sp³-hybridized carbons (Fsp3) is 0.375. The van der Waals surface area contributed by atoms with Crippen LogP contribution >= 0.6 is 0 Å². The van der Waals surface area contributed by atoms with Gasteiger partial charge in [-0.25, -0.2) is 4.79 Å². The van der Waals surface area contributed by atoms with Crippen LogP contribution in [0.1, 0.15) is 27.3 Å².